The summed E-state index contributed by atoms with van der Waals surface area (Å²) in [6.45, 7) is 6.78. The lowest BCUT2D eigenvalue weighted by Crippen LogP contribution is -2.51. The van der Waals surface area contributed by atoms with Crippen molar-refractivity contribution >= 4 is 11.9 Å². The molecule has 3 amide bonds. The van der Waals surface area contributed by atoms with Gasteiger partial charge in [0.15, 0.2) is 0 Å². The van der Waals surface area contributed by atoms with Crippen LogP contribution in [0.2, 0.25) is 0 Å². The number of β-amino-alcohol motifs (C(OH)–C–C–N with tert-alkyl or cyclic N) is 1. The molecule has 1 atom stereocenters. The second-order valence-electron chi connectivity index (χ2n) is 8.47. The number of carbonyl (C=O) groups excluding carboxylic acids is 2. The summed E-state index contributed by atoms with van der Waals surface area (Å²) in [6.07, 6.45) is 3.51. The molecule has 0 radical (unpaired) electrons. The predicted octanol–water partition coefficient (Wildman–Crippen LogP) is 3.64. The van der Waals surface area contributed by atoms with E-state index in [-0.39, 0.29) is 23.9 Å². The number of hydrogen-bond acceptors (Lipinski definition) is 3. The Morgan fingerprint density at radius 2 is 1.85 bits per heavy atom. The lowest BCUT2D eigenvalue weighted by Gasteiger charge is -2.42. The summed E-state index contributed by atoms with van der Waals surface area (Å²) < 4.78 is 0. The van der Waals surface area contributed by atoms with E-state index in [0.29, 0.717) is 24.3 Å². The summed E-state index contributed by atoms with van der Waals surface area (Å²) in [7, 11) is 0. The van der Waals surface area contributed by atoms with Gasteiger partial charge in [0.25, 0.3) is 5.91 Å². The highest BCUT2D eigenvalue weighted by Gasteiger charge is 2.53. The zero-order valence-electron chi connectivity index (χ0n) is 16.0. The van der Waals surface area contributed by atoms with E-state index in [2.05, 4.69) is 26.1 Å². The van der Waals surface area contributed by atoms with Gasteiger partial charge in [0.2, 0.25) is 0 Å². The summed E-state index contributed by atoms with van der Waals surface area (Å²) in [4.78, 5) is 26.7. The largest absolute Gasteiger partial charge is 0.387 e. The number of benzene rings is 1. The van der Waals surface area contributed by atoms with Gasteiger partial charge in [-0.3, -0.25) is 9.69 Å². The Morgan fingerprint density at radius 1 is 1.23 bits per heavy atom. The molecule has 0 bridgehead atoms. The number of nitrogens with one attached hydrogen (secondary N) is 1. The van der Waals surface area contributed by atoms with Crippen LogP contribution in [-0.2, 0) is 4.79 Å². The topological polar surface area (TPSA) is 69.6 Å². The van der Waals surface area contributed by atoms with E-state index >= 15 is 0 Å². The Morgan fingerprint density at radius 3 is 2.42 bits per heavy atom. The summed E-state index contributed by atoms with van der Waals surface area (Å²) in [6, 6.07) is 8.77. The maximum absolute atomic E-state index is 13.0. The van der Waals surface area contributed by atoms with E-state index in [1.54, 1.807) is 12.1 Å². The first-order valence-electron chi connectivity index (χ1n) is 9.66. The van der Waals surface area contributed by atoms with E-state index in [0.717, 1.165) is 19.3 Å². The quantitative estimate of drug-likeness (QED) is 0.790. The number of urea groups is 1. The molecule has 142 valence electrons. The van der Waals surface area contributed by atoms with Crippen molar-refractivity contribution in [3.63, 3.8) is 0 Å². The van der Waals surface area contributed by atoms with Crippen molar-refractivity contribution in [3.8, 4) is 0 Å². The molecular formula is C21H30N2O3. The fourth-order valence-corrected chi connectivity index (χ4v) is 4.32. The number of carbonyl (C=O) groups is 2. The van der Waals surface area contributed by atoms with Crippen molar-refractivity contribution in [2.45, 2.75) is 64.5 Å². The van der Waals surface area contributed by atoms with Gasteiger partial charge in [0, 0.05) is 0 Å². The fourth-order valence-electron chi connectivity index (χ4n) is 4.32. The zero-order chi connectivity index (χ0) is 18.9. The molecule has 1 saturated carbocycles. The standard InChI is InChI=1S/C21H30N2O3/c1-4-20(2,3)16-10-12-21(13-11-16)18(25)23(19(26)22-21)14-17(24)15-8-6-5-7-9-15/h5-9,16-17,24H,4,10-14H2,1-3H3,(H,22,26)/t16?,17-,21?/m1/s1. The van der Waals surface area contributed by atoms with Crippen LogP contribution in [0.4, 0.5) is 4.79 Å². The van der Waals surface area contributed by atoms with Crippen molar-refractivity contribution in [2.75, 3.05) is 6.54 Å². The summed E-state index contributed by atoms with van der Waals surface area (Å²) in [5.41, 5.74) is 0.201. The van der Waals surface area contributed by atoms with E-state index in [4.69, 9.17) is 0 Å². The van der Waals surface area contributed by atoms with Crippen LogP contribution < -0.4 is 5.32 Å². The van der Waals surface area contributed by atoms with E-state index in [1.165, 1.54) is 4.90 Å². The zero-order valence-corrected chi connectivity index (χ0v) is 16.0. The molecule has 26 heavy (non-hydrogen) atoms. The minimum atomic E-state index is -0.864. The van der Waals surface area contributed by atoms with E-state index in [9.17, 15) is 14.7 Å². The van der Waals surface area contributed by atoms with E-state index < -0.39 is 11.6 Å². The monoisotopic (exact) mass is 358 g/mol. The summed E-state index contributed by atoms with van der Waals surface area (Å²) >= 11 is 0. The van der Waals surface area contributed by atoms with Crippen LogP contribution in [0.5, 0.6) is 0 Å². The molecule has 1 spiro atoms. The average Bonchev–Trinajstić information content (AvgIpc) is 2.87. The normalized spacial score (nSPS) is 27.7. The second kappa shape index (κ2) is 7.03. The molecule has 0 aromatic heterocycles. The smallest absolute Gasteiger partial charge is 0.325 e. The van der Waals surface area contributed by atoms with Crippen molar-refractivity contribution < 1.29 is 14.7 Å². The minimum absolute atomic E-state index is 0.000309. The van der Waals surface area contributed by atoms with E-state index in [1.807, 2.05) is 18.2 Å². The number of aliphatic hydroxyl groups is 1. The number of hydrogen-bond donors (Lipinski definition) is 2. The van der Waals surface area contributed by atoms with Gasteiger partial charge in [-0.05, 0) is 42.6 Å². The lowest BCUT2D eigenvalue weighted by atomic mass is 9.65. The molecule has 3 rings (SSSR count). The van der Waals surface area contributed by atoms with Gasteiger partial charge < -0.3 is 10.4 Å². The van der Waals surface area contributed by atoms with Gasteiger partial charge in [0.1, 0.15) is 5.54 Å². The van der Waals surface area contributed by atoms with Gasteiger partial charge >= 0.3 is 6.03 Å². The lowest BCUT2D eigenvalue weighted by molar-refractivity contribution is -0.134. The van der Waals surface area contributed by atoms with Crippen LogP contribution >= 0.6 is 0 Å². The van der Waals surface area contributed by atoms with Gasteiger partial charge in [-0.25, -0.2) is 4.79 Å². The summed E-state index contributed by atoms with van der Waals surface area (Å²) in [5, 5.41) is 13.4. The molecule has 1 aromatic rings. The molecule has 1 aliphatic heterocycles. The highest BCUT2D eigenvalue weighted by Crippen LogP contribution is 2.45. The highest BCUT2D eigenvalue weighted by atomic mass is 16.3. The maximum atomic E-state index is 13.0. The Bertz CT molecular complexity index is 663. The highest BCUT2D eigenvalue weighted by molar-refractivity contribution is 6.07. The van der Waals surface area contributed by atoms with Gasteiger partial charge in [-0.1, -0.05) is 57.5 Å². The number of aliphatic hydroxyl groups excluding tert-OH is 1. The van der Waals surface area contributed by atoms with Crippen molar-refractivity contribution in [2.24, 2.45) is 11.3 Å². The Kier molecular flexibility index (Phi) is 5.11. The number of nitrogens with zero attached hydrogens (tertiary/aromatic N) is 1. The molecule has 0 unspecified atom stereocenters. The maximum Gasteiger partial charge on any atom is 0.325 e. The molecule has 1 saturated heterocycles. The summed E-state index contributed by atoms with van der Waals surface area (Å²) in [5.74, 6) is 0.400. The Balaban J connectivity index is 1.68. The minimum Gasteiger partial charge on any atom is -0.387 e. The third kappa shape index (κ3) is 3.37. The average molecular weight is 358 g/mol. The molecule has 1 heterocycles. The molecule has 2 N–H and O–H groups in total. The third-order valence-electron chi connectivity index (χ3n) is 6.64. The van der Waals surface area contributed by atoms with Crippen LogP contribution in [-0.4, -0.2) is 34.0 Å². The number of rotatable bonds is 5. The second-order valence-corrected chi connectivity index (χ2v) is 8.47. The van der Waals surface area contributed by atoms with Crippen LogP contribution in [0.25, 0.3) is 0 Å². The van der Waals surface area contributed by atoms with Gasteiger partial charge in [0.05, 0.1) is 12.6 Å². The number of imide groups is 1. The van der Waals surface area contributed by atoms with Crippen molar-refractivity contribution in [1.29, 1.82) is 0 Å². The van der Waals surface area contributed by atoms with Gasteiger partial charge in [-0.15, -0.1) is 0 Å². The van der Waals surface area contributed by atoms with Gasteiger partial charge in [-0.2, -0.15) is 0 Å². The number of amides is 3. The fraction of sp³-hybridized carbons (Fsp3) is 0.619. The van der Waals surface area contributed by atoms with Crippen LogP contribution in [0, 0.1) is 11.3 Å². The Labute approximate surface area is 155 Å². The van der Waals surface area contributed by atoms with Crippen LogP contribution in [0.1, 0.15) is 64.5 Å². The first-order valence-corrected chi connectivity index (χ1v) is 9.66. The SMILES string of the molecule is CCC(C)(C)C1CCC2(CC1)NC(=O)N(C[C@@H](O)c1ccccc1)C2=O. The first-order chi connectivity index (χ1) is 12.3. The molecule has 2 aliphatic rings. The van der Waals surface area contributed by atoms with Crippen LogP contribution in [0.15, 0.2) is 30.3 Å². The van der Waals surface area contributed by atoms with Crippen molar-refractivity contribution in [3.05, 3.63) is 35.9 Å². The predicted molar refractivity (Wildman–Crippen MR) is 100 cm³/mol. The molecule has 2 fully saturated rings. The molecule has 5 heteroatoms. The first kappa shape index (κ1) is 18.9. The Hall–Kier alpha value is -1.88. The molecule has 5 nitrogen and oxygen atoms in total. The molecule has 1 aliphatic carbocycles. The van der Waals surface area contributed by atoms with Crippen molar-refractivity contribution in [1.82, 2.24) is 10.2 Å². The molecule has 1 aromatic carbocycles. The third-order valence-corrected chi connectivity index (χ3v) is 6.64. The van der Waals surface area contributed by atoms with Crippen LogP contribution in [0.3, 0.4) is 0 Å². The molecular weight excluding hydrogens is 328 g/mol.